The summed E-state index contributed by atoms with van der Waals surface area (Å²) in [7, 11) is 0. The van der Waals surface area contributed by atoms with Gasteiger partial charge in [0.25, 0.3) is 0 Å². The first-order valence-corrected chi connectivity index (χ1v) is 4.78. The quantitative estimate of drug-likeness (QED) is 0.283. The van der Waals surface area contributed by atoms with Crippen LogP contribution >= 0.6 is 0 Å². The average Bonchev–Trinajstić information content (AvgIpc) is 2.10. The van der Waals surface area contributed by atoms with Crippen LogP contribution in [0.5, 0.6) is 0 Å². The summed E-state index contributed by atoms with van der Waals surface area (Å²) < 4.78 is 0. The van der Waals surface area contributed by atoms with Crippen LogP contribution in [0.25, 0.3) is 0 Å². The summed E-state index contributed by atoms with van der Waals surface area (Å²) in [5.41, 5.74) is 5.38. The monoisotopic (exact) mass is 187 g/mol. The number of nitrogens with zero attached hydrogens (tertiary/aromatic N) is 2. The number of amidine groups is 1. The van der Waals surface area contributed by atoms with Crippen LogP contribution in [0.3, 0.4) is 0 Å². The lowest BCUT2D eigenvalue weighted by Crippen LogP contribution is -2.31. The van der Waals surface area contributed by atoms with Gasteiger partial charge in [0.2, 0.25) is 0 Å². The molecular formula is C9H21N3O. The summed E-state index contributed by atoms with van der Waals surface area (Å²) in [6, 6.07) is 0. The second-order valence-corrected chi connectivity index (χ2v) is 3.63. The molecule has 0 saturated heterocycles. The van der Waals surface area contributed by atoms with Crippen LogP contribution < -0.4 is 5.73 Å². The molecule has 0 aromatic carbocycles. The van der Waals surface area contributed by atoms with Crippen LogP contribution in [0.1, 0.15) is 27.2 Å². The Morgan fingerprint density at radius 3 is 2.54 bits per heavy atom. The topological polar surface area (TPSA) is 61.8 Å². The first-order valence-electron chi connectivity index (χ1n) is 4.78. The molecule has 0 aromatic rings. The molecule has 3 N–H and O–H groups in total. The van der Waals surface area contributed by atoms with Crippen molar-refractivity contribution in [1.29, 1.82) is 0 Å². The molecule has 0 aromatic heterocycles. The first kappa shape index (κ1) is 12.2. The van der Waals surface area contributed by atoms with Gasteiger partial charge >= 0.3 is 0 Å². The molecule has 0 spiro atoms. The van der Waals surface area contributed by atoms with Gasteiger partial charge < -0.3 is 15.8 Å². The van der Waals surface area contributed by atoms with Gasteiger partial charge in [0.1, 0.15) is 5.84 Å². The molecule has 78 valence electrons. The van der Waals surface area contributed by atoms with Gasteiger partial charge in [-0.3, -0.25) is 0 Å². The van der Waals surface area contributed by atoms with E-state index in [1.54, 1.807) is 0 Å². The lowest BCUT2D eigenvalue weighted by atomic mass is 10.2. The largest absolute Gasteiger partial charge is 0.409 e. The normalized spacial score (nSPS) is 12.8. The zero-order valence-corrected chi connectivity index (χ0v) is 8.82. The number of hydrogen-bond donors (Lipinski definition) is 2. The van der Waals surface area contributed by atoms with Crippen molar-refractivity contribution in [2.24, 2.45) is 16.8 Å². The molecule has 0 atom stereocenters. The van der Waals surface area contributed by atoms with Crippen molar-refractivity contribution >= 4 is 5.84 Å². The van der Waals surface area contributed by atoms with Gasteiger partial charge in [-0.1, -0.05) is 25.9 Å². The van der Waals surface area contributed by atoms with E-state index in [9.17, 15) is 0 Å². The SMILES string of the molecule is CCN(CC/C(N)=N/O)CC(C)C. The maximum absolute atomic E-state index is 8.35. The Bertz CT molecular complexity index is 157. The standard InChI is InChI=1S/C9H21N3O/c1-4-12(7-8(2)3)6-5-9(10)11-13/h8,13H,4-7H2,1-3H3,(H2,10,11). The van der Waals surface area contributed by atoms with Crippen LogP contribution in [0, 0.1) is 5.92 Å². The third kappa shape index (κ3) is 6.40. The highest BCUT2D eigenvalue weighted by atomic mass is 16.4. The maximum atomic E-state index is 8.35. The van der Waals surface area contributed by atoms with Crippen molar-refractivity contribution in [3.63, 3.8) is 0 Å². The van der Waals surface area contributed by atoms with Crippen LogP contribution in [0.15, 0.2) is 5.16 Å². The minimum Gasteiger partial charge on any atom is -0.409 e. The van der Waals surface area contributed by atoms with Crippen molar-refractivity contribution in [2.45, 2.75) is 27.2 Å². The summed E-state index contributed by atoms with van der Waals surface area (Å²) in [5, 5.41) is 11.3. The van der Waals surface area contributed by atoms with Crippen molar-refractivity contribution in [2.75, 3.05) is 19.6 Å². The van der Waals surface area contributed by atoms with Crippen LogP contribution in [-0.2, 0) is 0 Å². The molecule has 13 heavy (non-hydrogen) atoms. The average molecular weight is 187 g/mol. The molecule has 0 bridgehead atoms. The van der Waals surface area contributed by atoms with E-state index in [0.717, 1.165) is 19.6 Å². The molecule has 4 heteroatoms. The molecule has 0 radical (unpaired) electrons. The van der Waals surface area contributed by atoms with E-state index in [4.69, 9.17) is 10.9 Å². The molecule has 0 aliphatic rings. The van der Waals surface area contributed by atoms with Crippen molar-refractivity contribution < 1.29 is 5.21 Å². The first-order chi connectivity index (χ1) is 6.10. The van der Waals surface area contributed by atoms with E-state index in [1.807, 2.05) is 0 Å². The second kappa shape index (κ2) is 6.71. The second-order valence-electron chi connectivity index (χ2n) is 3.63. The molecule has 0 rings (SSSR count). The van der Waals surface area contributed by atoms with Gasteiger partial charge in [-0.05, 0) is 12.5 Å². The minimum atomic E-state index is 0.308. The molecule has 0 aliphatic carbocycles. The highest BCUT2D eigenvalue weighted by Gasteiger charge is 2.05. The Morgan fingerprint density at radius 2 is 2.15 bits per heavy atom. The minimum absolute atomic E-state index is 0.308. The van der Waals surface area contributed by atoms with Gasteiger partial charge in [-0.2, -0.15) is 0 Å². The van der Waals surface area contributed by atoms with E-state index < -0.39 is 0 Å². The molecule has 0 fully saturated rings. The summed E-state index contributed by atoms with van der Waals surface area (Å²) in [5.74, 6) is 0.967. The molecule has 0 saturated carbocycles. The third-order valence-electron chi connectivity index (χ3n) is 1.88. The zero-order valence-electron chi connectivity index (χ0n) is 8.82. The molecular weight excluding hydrogens is 166 g/mol. The highest BCUT2D eigenvalue weighted by Crippen LogP contribution is 1.99. The lowest BCUT2D eigenvalue weighted by molar-refractivity contribution is 0.260. The fourth-order valence-corrected chi connectivity index (χ4v) is 1.22. The third-order valence-corrected chi connectivity index (χ3v) is 1.88. The Hall–Kier alpha value is -0.770. The van der Waals surface area contributed by atoms with Gasteiger partial charge in [0.15, 0.2) is 0 Å². The predicted octanol–water partition coefficient (Wildman–Crippen LogP) is 1.10. The van der Waals surface area contributed by atoms with E-state index in [1.165, 1.54) is 0 Å². The van der Waals surface area contributed by atoms with Crippen LogP contribution in [0.2, 0.25) is 0 Å². The number of hydrogen-bond acceptors (Lipinski definition) is 3. The smallest absolute Gasteiger partial charge is 0.140 e. The zero-order chi connectivity index (χ0) is 10.3. The Kier molecular flexibility index (Phi) is 6.32. The molecule has 0 aliphatic heterocycles. The summed E-state index contributed by atoms with van der Waals surface area (Å²) in [6.45, 7) is 9.43. The summed E-state index contributed by atoms with van der Waals surface area (Å²) in [4.78, 5) is 2.29. The van der Waals surface area contributed by atoms with Crippen molar-refractivity contribution in [1.82, 2.24) is 4.90 Å². The van der Waals surface area contributed by atoms with E-state index in [-0.39, 0.29) is 0 Å². The summed E-state index contributed by atoms with van der Waals surface area (Å²) in [6.07, 6.45) is 0.636. The van der Waals surface area contributed by atoms with Gasteiger partial charge in [0.05, 0.1) is 0 Å². The van der Waals surface area contributed by atoms with E-state index in [0.29, 0.717) is 18.2 Å². The number of rotatable bonds is 6. The number of nitrogens with two attached hydrogens (primary N) is 1. The van der Waals surface area contributed by atoms with Crippen LogP contribution in [0.4, 0.5) is 0 Å². The lowest BCUT2D eigenvalue weighted by Gasteiger charge is -2.21. The van der Waals surface area contributed by atoms with Crippen molar-refractivity contribution in [3.8, 4) is 0 Å². The maximum Gasteiger partial charge on any atom is 0.140 e. The summed E-state index contributed by atoms with van der Waals surface area (Å²) >= 11 is 0. The van der Waals surface area contributed by atoms with Gasteiger partial charge in [0, 0.05) is 19.5 Å². The van der Waals surface area contributed by atoms with Crippen molar-refractivity contribution in [3.05, 3.63) is 0 Å². The Balaban J connectivity index is 3.72. The highest BCUT2D eigenvalue weighted by molar-refractivity contribution is 5.79. The van der Waals surface area contributed by atoms with E-state index >= 15 is 0 Å². The molecule has 0 heterocycles. The van der Waals surface area contributed by atoms with Gasteiger partial charge in [-0.25, -0.2) is 0 Å². The molecule has 0 unspecified atom stereocenters. The molecule has 0 amide bonds. The number of oxime groups is 1. The Labute approximate surface area is 80.4 Å². The fraction of sp³-hybridized carbons (Fsp3) is 0.889. The fourth-order valence-electron chi connectivity index (χ4n) is 1.22. The van der Waals surface area contributed by atoms with E-state index in [2.05, 4.69) is 30.8 Å². The molecule has 4 nitrogen and oxygen atoms in total. The Morgan fingerprint density at radius 1 is 1.54 bits per heavy atom. The van der Waals surface area contributed by atoms with Gasteiger partial charge in [-0.15, -0.1) is 0 Å². The van der Waals surface area contributed by atoms with Crippen LogP contribution in [-0.4, -0.2) is 35.6 Å². The predicted molar refractivity (Wildman–Crippen MR) is 55.0 cm³/mol.